The maximum Gasteiger partial charge on any atom is 0.209 e. The molecule has 1 saturated heterocycles. The van der Waals surface area contributed by atoms with E-state index >= 15 is 0 Å². The first kappa shape index (κ1) is 23.7. The molecule has 3 rings (SSSR count). The molecule has 1 fully saturated rings. The zero-order valence-corrected chi connectivity index (χ0v) is 19.0. The molecule has 0 aromatic carbocycles. The zero-order valence-electron chi connectivity index (χ0n) is 18.2. The third-order valence-corrected chi connectivity index (χ3v) is 5.15. The summed E-state index contributed by atoms with van der Waals surface area (Å²) in [5, 5.41) is 3.73. The van der Waals surface area contributed by atoms with Gasteiger partial charge in [-0.05, 0) is 34.1 Å². The Kier molecular flexibility index (Phi) is 8.67. The molecule has 0 spiro atoms. The van der Waals surface area contributed by atoms with Gasteiger partial charge in [0.1, 0.15) is 17.5 Å². The number of rotatable bonds is 5. The van der Waals surface area contributed by atoms with Crippen molar-refractivity contribution in [3.8, 4) is 0 Å². The number of thiazole rings is 1. The van der Waals surface area contributed by atoms with Crippen LogP contribution in [-0.2, 0) is 9.53 Å². The van der Waals surface area contributed by atoms with Crippen molar-refractivity contribution in [3.63, 3.8) is 0 Å². The first-order chi connectivity index (χ1) is 14.2. The summed E-state index contributed by atoms with van der Waals surface area (Å²) in [7, 11) is 1.71. The molecule has 2 aromatic heterocycles. The summed E-state index contributed by atoms with van der Waals surface area (Å²) in [6.45, 7) is 10.9. The van der Waals surface area contributed by atoms with Crippen molar-refractivity contribution >= 4 is 40.8 Å². The third-order valence-electron chi connectivity index (χ3n) is 4.32. The van der Waals surface area contributed by atoms with Gasteiger partial charge in [0, 0.05) is 39.4 Å². The highest BCUT2D eigenvalue weighted by atomic mass is 32.1. The minimum atomic E-state index is 0.0417. The highest BCUT2D eigenvalue weighted by molar-refractivity contribution is 7.17. The number of anilines is 3. The fourth-order valence-electron chi connectivity index (χ4n) is 2.56. The van der Waals surface area contributed by atoms with Crippen LogP contribution in [0.1, 0.15) is 42.7 Å². The SMILES string of the molecule is COC(C)(C)C.Cc1nc(Nc2ncc(C=O)s2)cc(N2CCCN(C=O)CC2)n1. The lowest BCUT2D eigenvalue weighted by Crippen LogP contribution is -2.30. The van der Waals surface area contributed by atoms with Gasteiger partial charge >= 0.3 is 0 Å². The molecule has 0 aliphatic carbocycles. The van der Waals surface area contributed by atoms with Gasteiger partial charge in [-0.1, -0.05) is 11.3 Å². The summed E-state index contributed by atoms with van der Waals surface area (Å²) in [4.78, 5) is 39.2. The van der Waals surface area contributed by atoms with E-state index in [1.807, 2.05) is 33.8 Å². The molecule has 1 amide bonds. The van der Waals surface area contributed by atoms with E-state index in [0.717, 1.165) is 44.6 Å². The van der Waals surface area contributed by atoms with Crippen LogP contribution in [0, 0.1) is 6.92 Å². The van der Waals surface area contributed by atoms with E-state index in [9.17, 15) is 9.59 Å². The van der Waals surface area contributed by atoms with Gasteiger partial charge in [-0.25, -0.2) is 15.0 Å². The number of nitrogens with zero attached hydrogens (tertiary/aromatic N) is 5. The van der Waals surface area contributed by atoms with Crippen molar-refractivity contribution in [2.75, 3.05) is 43.5 Å². The Labute approximate surface area is 181 Å². The van der Waals surface area contributed by atoms with Crippen molar-refractivity contribution in [3.05, 3.63) is 23.0 Å². The van der Waals surface area contributed by atoms with Gasteiger partial charge in [0.2, 0.25) is 6.41 Å². The van der Waals surface area contributed by atoms with Crippen LogP contribution in [0.25, 0.3) is 0 Å². The highest BCUT2D eigenvalue weighted by Crippen LogP contribution is 2.23. The fourth-order valence-corrected chi connectivity index (χ4v) is 3.20. The summed E-state index contributed by atoms with van der Waals surface area (Å²) in [5.41, 5.74) is 0.0417. The predicted octanol–water partition coefficient (Wildman–Crippen LogP) is 2.90. The van der Waals surface area contributed by atoms with E-state index in [2.05, 4.69) is 25.2 Å². The maximum absolute atomic E-state index is 10.9. The summed E-state index contributed by atoms with van der Waals surface area (Å²) < 4.78 is 4.94. The molecule has 1 aliphatic heterocycles. The van der Waals surface area contributed by atoms with Crippen LogP contribution in [0.5, 0.6) is 0 Å². The van der Waals surface area contributed by atoms with Crippen LogP contribution in [0.3, 0.4) is 0 Å². The van der Waals surface area contributed by atoms with Gasteiger partial charge in [-0.3, -0.25) is 9.59 Å². The van der Waals surface area contributed by atoms with Gasteiger partial charge in [-0.15, -0.1) is 0 Å². The number of ether oxygens (including phenoxy) is 1. The maximum atomic E-state index is 10.9. The third kappa shape index (κ3) is 7.68. The Morgan fingerprint density at radius 3 is 2.50 bits per heavy atom. The monoisotopic (exact) mass is 434 g/mol. The lowest BCUT2D eigenvalue weighted by Gasteiger charge is -2.22. The molecule has 0 atom stereocenters. The van der Waals surface area contributed by atoms with Gasteiger partial charge < -0.3 is 19.9 Å². The Morgan fingerprint density at radius 2 is 1.90 bits per heavy atom. The largest absolute Gasteiger partial charge is 0.379 e. The molecule has 10 heteroatoms. The number of carbonyl (C=O) groups excluding carboxylic acids is 2. The normalized spacial score (nSPS) is 14.4. The van der Waals surface area contributed by atoms with Crippen molar-refractivity contribution in [2.24, 2.45) is 0 Å². The van der Waals surface area contributed by atoms with E-state index in [1.165, 1.54) is 17.5 Å². The number of carbonyl (C=O) groups is 2. The summed E-state index contributed by atoms with van der Waals surface area (Å²) in [6, 6.07) is 1.87. The smallest absolute Gasteiger partial charge is 0.209 e. The van der Waals surface area contributed by atoms with E-state index in [0.29, 0.717) is 28.2 Å². The fraction of sp³-hybridized carbons (Fsp3) is 0.550. The molecule has 9 nitrogen and oxygen atoms in total. The molecule has 164 valence electrons. The van der Waals surface area contributed by atoms with Crippen LogP contribution >= 0.6 is 11.3 Å². The van der Waals surface area contributed by atoms with Crippen LogP contribution in [-0.4, -0.2) is 71.4 Å². The average molecular weight is 435 g/mol. The van der Waals surface area contributed by atoms with Gasteiger partial charge in [0.15, 0.2) is 11.4 Å². The van der Waals surface area contributed by atoms with Gasteiger partial charge in [0.25, 0.3) is 0 Å². The lowest BCUT2D eigenvalue weighted by molar-refractivity contribution is -0.117. The second-order valence-electron chi connectivity index (χ2n) is 7.77. The molecule has 1 aliphatic rings. The second-order valence-corrected chi connectivity index (χ2v) is 8.83. The van der Waals surface area contributed by atoms with E-state index < -0.39 is 0 Å². The topological polar surface area (TPSA) is 101 Å². The number of aromatic nitrogens is 3. The standard InChI is InChI=1S/C15H18N6O2S.C5H12O/c1-11-17-13(19-15-16-8-12(9-22)24-15)7-14(18-11)21-4-2-3-20(10-23)5-6-21;1-5(2,3)6-4/h7-10H,2-6H2,1H3,(H,16,17,18,19);1-4H3. The Morgan fingerprint density at radius 1 is 1.17 bits per heavy atom. The highest BCUT2D eigenvalue weighted by Gasteiger charge is 2.16. The van der Waals surface area contributed by atoms with Crippen LogP contribution < -0.4 is 10.2 Å². The number of hydrogen-bond donors (Lipinski definition) is 1. The van der Waals surface area contributed by atoms with Crippen molar-refractivity contribution < 1.29 is 14.3 Å². The summed E-state index contributed by atoms with van der Waals surface area (Å²) >= 11 is 1.27. The molecule has 0 bridgehead atoms. The minimum absolute atomic E-state index is 0.0417. The lowest BCUT2D eigenvalue weighted by atomic mass is 10.2. The predicted molar refractivity (Wildman–Crippen MR) is 119 cm³/mol. The molecule has 1 N–H and O–H groups in total. The van der Waals surface area contributed by atoms with Crippen molar-refractivity contribution in [1.29, 1.82) is 0 Å². The van der Waals surface area contributed by atoms with Crippen molar-refractivity contribution in [1.82, 2.24) is 19.9 Å². The second kappa shape index (κ2) is 11.0. The number of aldehydes is 1. The minimum Gasteiger partial charge on any atom is -0.379 e. The number of nitrogens with one attached hydrogen (secondary N) is 1. The van der Waals surface area contributed by atoms with E-state index in [-0.39, 0.29) is 5.60 Å². The number of amides is 1. The van der Waals surface area contributed by atoms with Gasteiger partial charge in [-0.2, -0.15) is 0 Å². The summed E-state index contributed by atoms with van der Waals surface area (Å²) in [5.74, 6) is 2.12. The van der Waals surface area contributed by atoms with Crippen LogP contribution in [0.2, 0.25) is 0 Å². The molecule has 0 radical (unpaired) electrons. The molecule has 2 aromatic rings. The molecular formula is C20H30N6O3S. The van der Waals surface area contributed by atoms with Crippen molar-refractivity contribution in [2.45, 2.75) is 39.7 Å². The quantitative estimate of drug-likeness (QED) is 0.717. The van der Waals surface area contributed by atoms with E-state index in [1.54, 1.807) is 12.0 Å². The summed E-state index contributed by atoms with van der Waals surface area (Å²) in [6.07, 6.45) is 4.10. The number of hydrogen-bond acceptors (Lipinski definition) is 9. The van der Waals surface area contributed by atoms with E-state index in [4.69, 9.17) is 4.74 Å². The average Bonchev–Trinajstić information content (AvgIpc) is 3.01. The van der Waals surface area contributed by atoms with Gasteiger partial charge in [0.05, 0.1) is 16.7 Å². The molecular weight excluding hydrogens is 404 g/mol. The first-order valence-corrected chi connectivity index (χ1v) is 10.6. The molecule has 30 heavy (non-hydrogen) atoms. The molecule has 0 saturated carbocycles. The molecule has 3 heterocycles. The van der Waals surface area contributed by atoms with Crippen LogP contribution in [0.15, 0.2) is 12.3 Å². The number of aryl methyl sites for hydroxylation is 1. The Bertz CT molecular complexity index is 836. The molecule has 0 unspecified atom stereocenters. The Hall–Kier alpha value is -2.59. The number of methoxy groups -OCH3 is 1. The first-order valence-electron chi connectivity index (χ1n) is 9.77. The van der Waals surface area contributed by atoms with Crippen LogP contribution in [0.4, 0.5) is 16.8 Å². The zero-order chi connectivity index (χ0) is 22.1. The Balaban J connectivity index is 0.000000469.